The molecule has 0 saturated carbocycles. The topological polar surface area (TPSA) is 44.1 Å². The number of rotatable bonds is 4. The van der Waals surface area contributed by atoms with Gasteiger partial charge in [-0.3, -0.25) is 0 Å². The molecule has 0 aliphatic heterocycles. The van der Waals surface area contributed by atoms with Crippen LogP contribution < -0.4 is 0 Å². The number of aromatic nitrogens is 2. The van der Waals surface area contributed by atoms with Gasteiger partial charge in [-0.15, -0.1) is 0 Å². The van der Waals surface area contributed by atoms with E-state index in [1.807, 2.05) is 30.3 Å². The van der Waals surface area contributed by atoms with Crippen molar-refractivity contribution >= 4 is 16.9 Å². The molecule has 0 amide bonds. The minimum atomic E-state index is -0.414. The maximum Gasteiger partial charge on any atom is 0.419 e. The summed E-state index contributed by atoms with van der Waals surface area (Å²) >= 11 is 0. The monoisotopic (exact) mass is 384 g/mol. The van der Waals surface area contributed by atoms with Crippen LogP contribution in [0.5, 0.6) is 0 Å². The number of carbonyl (C=O) groups excluding carboxylic acids is 1. The van der Waals surface area contributed by atoms with E-state index < -0.39 is 6.09 Å². The maximum absolute atomic E-state index is 12.8. The third-order valence-electron chi connectivity index (χ3n) is 5.54. The molecule has 0 spiro atoms. The highest BCUT2D eigenvalue weighted by atomic mass is 16.5. The van der Waals surface area contributed by atoms with Gasteiger partial charge in [0.25, 0.3) is 0 Å². The number of fused-ring (bicyclic) bond motifs is 1. The zero-order chi connectivity index (χ0) is 20.4. The average Bonchev–Trinajstić information content (AvgIpc) is 3.23. The Balaban J connectivity index is 1.52. The predicted molar refractivity (Wildman–Crippen MR) is 115 cm³/mol. The van der Waals surface area contributed by atoms with Crippen LogP contribution in [0.15, 0.2) is 73.1 Å². The Hall–Kier alpha value is -3.40. The van der Waals surface area contributed by atoms with Crippen LogP contribution in [0.1, 0.15) is 40.9 Å². The molecule has 0 saturated heterocycles. The minimum absolute atomic E-state index is 0.0156. The van der Waals surface area contributed by atoms with Crippen LogP contribution in [0.2, 0.25) is 0 Å². The van der Waals surface area contributed by atoms with Crippen molar-refractivity contribution < 1.29 is 9.53 Å². The number of aryl methyl sites for hydroxylation is 1. The Bertz CT molecular complexity index is 1180. The number of carbonyl (C=O) groups is 1. The van der Waals surface area contributed by atoms with Gasteiger partial charge in [0, 0.05) is 18.3 Å². The van der Waals surface area contributed by atoms with E-state index in [0.29, 0.717) is 5.82 Å². The number of imidazole rings is 1. The summed E-state index contributed by atoms with van der Waals surface area (Å²) in [6, 6.07) is 20.5. The van der Waals surface area contributed by atoms with Crippen LogP contribution in [0.4, 0.5) is 4.79 Å². The van der Waals surface area contributed by atoms with Crippen molar-refractivity contribution in [1.29, 1.82) is 0 Å². The van der Waals surface area contributed by atoms with Gasteiger partial charge >= 0.3 is 6.09 Å². The molecule has 4 aromatic rings. The van der Waals surface area contributed by atoms with Crippen molar-refractivity contribution in [2.24, 2.45) is 0 Å². The summed E-state index contributed by atoms with van der Waals surface area (Å²) in [7, 11) is 0. The molecule has 0 N–H and O–H groups in total. The lowest BCUT2D eigenvalue weighted by molar-refractivity contribution is 0.140. The van der Waals surface area contributed by atoms with Crippen molar-refractivity contribution in [2.75, 3.05) is 0 Å². The third kappa shape index (κ3) is 3.79. The molecular formula is C25H24N2O2. The molecule has 1 atom stereocenters. The summed E-state index contributed by atoms with van der Waals surface area (Å²) in [6.07, 6.45) is 2.90. The second-order valence-electron chi connectivity index (χ2n) is 7.40. The van der Waals surface area contributed by atoms with E-state index >= 15 is 0 Å². The average molecular weight is 384 g/mol. The maximum atomic E-state index is 12.8. The molecule has 1 unspecified atom stereocenters. The Kier molecular flexibility index (Phi) is 5.17. The van der Waals surface area contributed by atoms with Crippen LogP contribution >= 0.6 is 0 Å². The normalized spacial score (nSPS) is 12.1. The van der Waals surface area contributed by atoms with Crippen LogP contribution in [0, 0.1) is 13.8 Å². The van der Waals surface area contributed by atoms with Crippen LogP contribution in [0.25, 0.3) is 10.8 Å². The Morgan fingerprint density at radius 2 is 1.83 bits per heavy atom. The van der Waals surface area contributed by atoms with Crippen molar-refractivity contribution in [3.05, 3.63) is 101 Å². The lowest BCUT2D eigenvalue weighted by atomic mass is 9.93. The largest absolute Gasteiger partial charge is 0.444 e. The zero-order valence-electron chi connectivity index (χ0n) is 16.9. The first kappa shape index (κ1) is 18.9. The van der Waals surface area contributed by atoms with Crippen LogP contribution in [0.3, 0.4) is 0 Å². The molecule has 0 bridgehead atoms. The minimum Gasteiger partial charge on any atom is -0.444 e. The van der Waals surface area contributed by atoms with Crippen LogP contribution in [-0.2, 0) is 11.3 Å². The smallest absolute Gasteiger partial charge is 0.419 e. The Labute approximate surface area is 170 Å². The second kappa shape index (κ2) is 7.92. The molecule has 0 aliphatic carbocycles. The lowest BCUT2D eigenvalue weighted by Gasteiger charge is -2.17. The molecule has 146 valence electrons. The number of nitrogens with zero attached hydrogens (tertiary/aromatic N) is 2. The molecule has 29 heavy (non-hydrogen) atoms. The van der Waals surface area contributed by atoms with E-state index in [1.54, 1.807) is 12.4 Å². The van der Waals surface area contributed by atoms with Gasteiger partial charge in [0.1, 0.15) is 12.4 Å². The lowest BCUT2D eigenvalue weighted by Crippen LogP contribution is -2.18. The standard InChI is InChI=1S/C25H24N2O2/c1-17-7-6-10-23(18(17)2)19(3)24-26-13-14-27(24)25(28)29-16-20-11-12-21-8-4-5-9-22(21)15-20/h4-15,19H,16H2,1-3H3. The molecule has 0 radical (unpaired) electrons. The molecule has 4 rings (SSSR count). The van der Waals surface area contributed by atoms with Gasteiger partial charge in [-0.05, 0) is 52.9 Å². The Morgan fingerprint density at radius 1 is 1.03 bits per heavy atom. The van der Waals surface area contributed by atoms with E-state index in [-0.39, 0.29) is 12.5 Å². The molecule has 0 fully saturated rings. The molecule has 4 heteroatoms. The summed E-state index contributed by atoms with van der Waals surface area (Å²) in [5.41, 5.74) is 4.58. The fraction of sp³-hybridized carbons (Fsp3) is 0.200. The fourth-order valence-corrected chi connectivity index (χ4v) is 3.71. The van der Waals surface area contributed by atoms with E-state index in [1.165, 1.54) is 26.6 Å². The van der Waals surface area contributed by atoms with Gasteiger partial charge < -0.3 is 4.74 Å². The van der Waals surface area contributed by atoms with Gasteiger partial charge in [0.05, 0.1) is 0 Å². The highest BCUT2D eigenvalue weighted by Crippen LogP contribution is 2.27. The fourth-order valence-electron chi connectivity index (χ4n) is 3.71. The highest BCUT2D eigenvalue weighted by molar-refractivity contribution is 5.83. The zero-order valence-corrected chi connectivity index (χ0v) is 16.9. The molecule has 4 nitrogen and oxygen atoms in total. The molecular weight excluding hydrogens is 360 g/mol. The number of ether oxygens (including phenoxy) is 1. The third-order valence-corrected chi connectivity index (χ3v) is 5.54. The second-order valence-corrected chi connectivity index (χ2v) is 7.40. The van der Waals surface area contributed by atoms with Crippen molar-refractivity contribution in [2.45, 2.75) is 33.3 Å². The quantitative estimate of drug-likeness (QED) is 0.434. The van der Waals surface area contributed by atoms with Crippen molar-refractivity contribution in [1.82, 2.24) is 9.55 Å². The van der Waals surface area contributed by atoms with Gasteiger partial charge in [-0.1, -0.05) is 61.5 Å². The SMILES string of the molecule is Cc1cccc(C(C)c2nccn2C(=O)OCc2ccc3ccccc3c2)c1C. The van der Waals surface area contributed by atoms with E-state index in [4.69, 9.17) is 4.74 Å². The van der Waals surface area contributed by atoms with Crippen molar-refractivity contribution in [3.8, 4) is 0 Å². The van der Waals surface area contributed by atoms with Gasteiger partial charge in [-0.25, -0.2) is 14.3 Å². The summed E-state index contributed by atoms with van der Waals surface area (Å²) in [6.45, 7) is 6.48. The van der Waals surface area contributed by atoms with Crippen molar-refractivity contribution in [3.63, 3.8) is 0 Å². The number of benzene rings is 3. The molecule has 3 aromatic carbocycles. The van der Waals surface area contributed by atoms with Gasteiger partial charge in [0.2, 0.25) is 0 Å². The summed E-state index contributed by atoms with van der Waals surface area (Å²) in [5, 5.41) is 2.30. The first-order valence-corrected chi connectivity index (χ1v) is 9.79. The van der Waals surface area contributed by atoms with E-state index in [2.05, 4.69) is 56.1 Å². The van der Waals surface area contributed by atoms with Gasteiger partial charge in [-0.2, -0.15) is 0 Å². The summed E-state index contributed by atoms with van der Waals surface area (Å²) < 4.78 is 7.09. The highest BCUT2D eigenvalue weighted by Gasteiger charge is 2.20. The summed E-state index contributed by atoms with van der Waals surface area (Å²) in [4.78, 5) is 17.2. The first-order valence-electron chi connectivity index (χ1n) is 9.79. The van der Waals surface area contributed by atoms with E-state index in [0.717, 1.165) is 10.9 Å². The first-order chi connectivity index (χ1) is 14.0. The molecule has 1 aromatic heterocycles. The van der Waals surface area contributed by atoms with Crippen LogP contribution in [-0.4, -0.2) is 15.6 Å². The van der Waals surface area contributed by atoms with E-state index in [9.17, 15) is 4.79 Å². The Morgan fingerprint density at radius 3 is 2.66 bits per heavy atom. The van der Waals surface area contributed by atoms with Gasteiger partial charge in [0.15, 0.2) is 0 Å². The number of hydrogen-bond donors (Lipinski definition) is 0. The number of hydrogen-bond acceptors (Lipinski definition) is 3. The summed E-state index contributed by atoms with van der Waals surface area (Å²) in [5.74, 6) is 0.667. The predicted octanol–water partition coefficient (Wildman–Crippen LogP) is 5.99. The molecule has 1 heterocycles. The molecule has 0 aliphatic rings.